The first-order valence-corrected chi connectivity index (χ1v) is 9.16. The first-order valence-electron chi connectivity index (χ1n) is 8.78. The molecule has 2 aromatic heterocycles. The number of hydrogen-bond acceptors (Lipinski definition) is 4. The van der Waals surface area contributed by atoms with Gasteiger partial charge in [-0.25, -0.2) is 9.97 Å². The van der Waals surface area contributed by atoms with Crippen molar-refractivity contribution in [3.05, 3.63) is 35.4 Å². The van der Waals surface area contributed by atoms with Gasteiger partial charge in [0.25, 0.3) is 0 Å². The number of imidazole rings is 2. The van der Waals surface area contributed by atoms with Crippen LogP contribution in [0, 0.1) is 0 Å². The molecule has 1 N–H and O–H groups in total. The van der Waals surface area contributed by atoms with Gasteiger partial charge in [0.1, 0.15) is 17.9 Å². The van der Waals surface area contributed by atoms with E-state index in [2.05, 4.69) is 26.4 Å². The van der Waals surface area contributed by atoms with Gasteiger partial charge in [-0.3, -0.25) is 0 Å². The van der Waals surface area contributed by atoms with Gasteiger partial charge in [-0.1, -0.05) is 11.6 Å². The van der Waals surface area contributed by atoms with E-state index in [0.29, 0.717) is 17.5 Å². The molecule has 1 saturated heterocycles. The van der Waals surface area contributed by atoms with Crippen LogP contribution in [-0.2, 0) is 0 Å². The maximum Gasteiger partial charge on any atom is 0.207 e. The number of nitrogens with zero attached hydrogens (tertiary/aromatic N) is 4. The molecule has 0 spiro atoms. The van der Waals surface area contributed by atoms with Gasteiger partial charge in [-0.05, 0) is 25.8 Å². The summed E-state index contributed by atoms with van der Waals surface area (Å²) in [4.78, 5) is 14.7. The zero-order valence-electron chi connectivity index (χ0n) is 14.1. The maximum absolute atomic E-state index is 6.23. The fraction of sp³-hybridized carbons (Fsp3) is 0.444. The van der Waals surface area contributed by atoms with E-state index in [1.165, 1.54) is 5.69 Å². The predicted molar refractivity (Wildman–Crippen MR) is 97.7 cm³/mol. The number of nitrogens with one attached hydrogen (secondary N) is 1. The molecule has 25 heavy (non-hydrogen) atoms. The van der Waals surface area contributed by atoms with E-state index in [-0.39, 0.29) is 6.04 Å². The highest BCUT2D eigenvalue weighted by molar-refractivity contribution is 6.31. The Kier molecular flexibility index (Phi) is 3.41. The van der Waals surface area contributed by atoms with Gasteiger partial charge >= 0.3 is 0 Å². The molecule has 0 aliphatic carbocycles. The minimum absolute atomic E-state index is 0.263. The lowest BCUT2D eigenvalue weighted by Crippen LogP contribution is -2.36. The average Bonchev–Trinajstić information content (AvgIpc) is 3.27. The summed E-state index contributed by atoms with van der Waals surface area (Å²) in [6, 6.07) is 4.08. The Hall–Kier alpha value is -2.21. The molecule has 2 aliphatic rings. The van der Waals surface area contributed by atoms with Crippen LogP contribution in [0.15, 0.2) is 24.7 Å². The molecule has 5 rings (SSSR count). The molecule has 6 nitrogen and oxygen atoms in total. The third-order valence-electron chi connectivity index (χ3n) is 5.35. The molecule has 4 heterocycles. The summed E-state index contributed by atoms with van der Waals surface area (Å²) in [6.07, 6.45) is 5.91. The minimum Gasteiger partial charge on any atom is -0.489 e. The molecule has 0 bridgehead atoms. The third-order valence-corrected chi connectivity index (χ3v) is 5.57. The van der Waals surface area contributed by atoms with E-state index in [1.54, 1.807) is 6.33 Å². The van der Waals surface area contributed by atoms with Gasteiger partial charge < -0.3 is 19.2 Å². The predicted octanol–water partition coefficient (Wildman–Crippen LogP) is 3.75. The molecule has 2 aliphatic heterocycles. The largest absolute Gasteiger partial charge is 0.489 e. The Morgan fingerprint density at radius 3 is 2.88 bits per heavy atom. The second-order valence-corrected chi connectivity index (χ2v) is 7.42. The van der Waals surface area contributed by atoms with Crippen molar-refractivity contribution in [3.63, 3.8) is 0 Å². The number of anilines is 1. The van der Waals surface area contributed by atoms with E-state index >= 15 is 0 Å². The zero-order valence-corrected chi connectivity index (χ0v) is 14.8. The summed E-state index contributed by atoms with van der Waals surface area (Å²) in [6.45, 7) is 4.81. The van der Waals surface area contributed by atoms with E-state index in [0.717, 1.165) is 48.7 Å². The van der Waals surface area contributed by atoms with Crippen LogP contribution in [0.2, 0.25) is 5.02 Å². The fourth-order valence-electron chi connectivity index (χ4n) is 4.07. The SMILES string of the molecule is C[C@H]1COc2cc(Cl)cc3nc(N4CCC(c5cnc[nH]5)CC4)n1c23. The molecular weight excluding hydrogens is 338 g/mol. The molecule has 0 unspecified atom stereocenters. The molecule has 7 heteroatoms. The van der Waals surface area contributed by atoms with E-state index in [9.17, 15) is 0 Å². The number of hydrogen-bond donors (Lipinski definition) is 1. The quantitative estimate of drug-likeness (QED) is 0.758. The number of aromatic amines is 1. The summed E-state index contributed by atoms with van der Waals surface area (Å²) < 4.78 is 8.20. The number of halogens is 1. The van der Waals surface area contributed by atoms with Crippen LogP contribution in [-0.4, -0.2) is 39.2 Å². The molecule has 130 valence electrons. The van der Waals surface area contributed by atoms with Crippen LogP contribution < -0.4 is 9.64 Å². The van der Waals surface area contributed by atoms with Crippen LogP contribution in [0.25, 0.3) is 11.0 Å². The van der Waals surface area contributed by atoms with Gasteiger partial charge in [-0.15, -0.1) is 0 Å². The number of benzene rings is 1. The lowest BCUT2D eigenvalue weighted by Gasteiger charge is -2.34. The van der Waals surface area contributed by atoms with Crippen LogP contribution in [0.4, 0.5) is 5.95 Å². The van der Waals surface area contributed by atoms with Gasteiger partial charge in [0.2, 0.25) is 5.95 Å². The second kappa shape index (κ2) is 5.66. The average molecular weight is 358 g/mol. The normalized spacial score (nSPS) is 20.9. The van der Waals surface area contributed by atoms with Gasteiger partial charge in [-0.2, -0.15) is 0 Å². The molecule has 1 aromatic carbocycles. The maximum atomic E-state index is 6.23. The summed E-state index contributed by atoms with van der Waals surface area (Å²) in [7, 11) is 0. The molecule has 0 amide bonds. The lowest BCUT2D eigenvalue weighted by atomic mass is 9.94. The smallest absolute Gasteiger partial charge is 0.207 e. The van der Waals surface area contributed by atoms with E-state index in [4.69, 9.17) is 21.3 Å². The molecular formula is C18H20ClN5O. The minimum atomic E-state index is 0.263. The molecule has 1 fully saturated rings. The Labute approximate surface area is 150 Å². The third kappa shape index (κ3) is 2.39. The number of aromatic nitrogens is 4. The number of ether oxygens (including phenoxy) is 1. The van der Waals surface area contributed by atoms with E-state index < -0.39 is 0 Å². The van der Waals surface area contributed by atoms with Gasteiger partial charge in [0.05, 0.1) is 17.9 Å². The molecule has 1 atom stereocenters. The summed E-state index contributed by atoms with van der Waals surface area (Å²) in [5.41, 5.74) is 3.22. The van der Waals surface area contributed by atoms with Crippen LogP contribution >= 0.6 is 11.6 Å². The van der Waals surface area contributed by atoms with Crippen LogP contribution in [0.3, 0.4) is 0 Å². The summed E-state index contributed by atoms with van der Waals surface area (Å²) >= 11 is 6.23. The Bertz CT molecular complexity index is 911. The van der Waals surface area contributed by atoms with Gasteiger partial charge in [0.15, 0.2) is 0 Å². The number of H-pyrrole nitrogens is 1. The molecule has 3 aromatic rings. The zero-order chi connectivity index (χ0) is 17.0. The van der Waals surface area contributed by atoms with Crippen molar-refractivity contribution in [2.75, 3.05) is 24.6 Å². The van der Waals surface area contributed by atoms with Crippen molar-refractivity contribution >= 4 is 28.6 Å². The van der Waals surface area contributed by atoms with Crippen LogP contribution in [0.1, 0.15) is 37.4 Å². The fourth-order valence-corrected chi connectivity index (χ4v) is 4.27. The van der Waals surface area contributed by atoms with Crippen molar-refractivity contribution in [3.8, 4) is 5.75 Å². The highest BCUT2D eigenvalue weighted by Gasteiger charge is 2.30. The number of rotatable bonds is 2. The number of piperidine rings is 1. The highest BCUT2D eigenvalue weighted by atomic mass is 35.5. The first-order chi connectivity index (χ1) is 12.2. The second-order valence-electron chi connectivity index (χ2n) is 6.98. The molecule has 0 radical (unpaired) electrons. The van der Waals surface area contributed by atoms with Gasteiger partial charge in [0, 0.05) is 42.0 Å². The van der Waals surface area contributed by atoms with Crippen molar-refractivity contribution in [1.82, 2.24) is 19.5 Å². The van der Waals surface area contributed by atoms with Crippen molar-refractivity contribution in [2.24, 2.45) is 0 Å². The lowest BCUT2D eigenvalue weighted by molar-refractivity contribution is 0.248. The molecule has 0 saturated carbocycles. The Morgan fingerprint density at radius 1 is 1.28 bits per heavy atom. The summed E-state index contributed by atoms with van der Waals surface area (Å²) in [5.74, 6) is 2.43. The van der Waals surface area contributed by atoms with Crippen molar-refractivity contribution in [1.29, 1.82) is 0 Å². The Balaban J connectivity index is 1.50. The summed E-state index contributed by atoms with van der Waals surface area (Å²) in [5, 5.41) is 0.672. The van der Waals surface area contributed by atoms with E-state index in [1.807, 2.05) is 18.3 Å². The van der Waals surface area contributed by atoms with Crippen LogP contribution in [0.5, 0.6) is 5.75 Å². The standard InChI is InChI=1S/C18H20ClN5O/c1-11-9-25-16-7-13(19)6-14-17(16)24(11)18(22-14)23-4-2-12(3-5-23)15-8-20-10-21-15/h6-8,10-12H,2-5,9H2,1H3,(H,20,21)/t11-/m0/s1. The topological polar surface area (TPSA) is 59.0 Å². The monoisotopic (exact) mass is 357 g/mol. The first kappa shape index (κ1) is 15.1. The van der Waals surface area contributed by atoms with Crippen molar-refractivity contribution < 1.29 is 4.74 Å². The van der Waals surface area contributed by atoms with Crippen molar-refractivity contribution in [2.45, 2.75) is 31.7 Å². The Morgan fingerprint density at radius 2 is 2.12 bits per heavy atom. The highest BCUT2D eigenvalue weighted by Crippen LogP contribution is 2.40.